The highest BCUT2D eigenvalue weighted by atomic mass is 32.1. The molecule has 1 N–H and O–H groups in total. The number of thiophene rings is 1. The van der Waals surface area contributed by atoms with E-state index in [4.69, 9.17) is 10.1 Å². The smallest absolute Gasteiger partial charge is 0.410 e. The maximum absolute atomic E-state index is 12.6. The second kappa shape index (κ2) is 7.35. The van der Waals surface area contributed by atoms with Gasteiger partial charge in [-0.2, -0.15) is 15.8 Å². The van der Waals surface area contributed by atoms with Crippen molar-refractivity contribution in [2.45, 2.75) is 32.3 Å². The third-order valence-electron chi connectivity index (χ3n) is 5.29. The van der Waals surface area contributed by atoms with Crippen molar-refractivity contribution in [3.63, 3.8) is 0 Å². The van der Waals surface area contributed by atoms with Crippen LogP contribution >= 0.6 is 11.3 Å². The SMILES string of the molecule is CC(C)(C)OC(=O)N1CC=C2C(C#N)C(=N)C(C#N)(C#N)[C@H](c3cccs3)[C@H]2C1. The summed E-state index contributed by atoms with van der Waals surface area (Å²) in [6, 6.07) is 9.85. The number of amides is 1. The van der Waals surface area contributed by atoms with Crippen molar-refractivity contribution in [3.05, 3.63) is 34.0 Å². The minimum absolute atomic E-state index is 0.184. The van der Waals surface area contributed by atoms with Crippen LogP contribution in [-0.2, 0) is 4.74 Å². The number of nitrogens with one attached hydrogen (secondary N) is 1. The lowest BCUT2D eigenvalue weighted by Gasteiger charge is -2.47. The van der Waals surface area contributed by atoms with Gasteiger partial charge in [-0.05, 0) is 37.8 Å². The fraction of sp³-hybridized carbons (Fsp3) is 0.476. The topological polar surface area (TPSA) is 125 Å². The number of carbonyl (C=O) groups excluding carboxylic acids is 1. The molecule has 3 atom stereocenters. The number of nitrogens with zero attached hydrogens (tertiary/aromatic N) is 4. The van der Waals surface area contributed by atoms with E-state index in [-0.39, 0.29) is 18.8 Å². The summed E-state index contributed by atoms with van der Waals surface area (Å²) in [5.74, 6) is -2.00. The highest BCUT2D eigenvalue weighted by Crippen LogP contribution is 2.54. The summed E-state index contributed by atoms with van der Waals surface area (Å²) in [6.07, 6.45) is 1.30. The van der Waals surface area contributed by atoms with Crippen molar-refractivity contribution < 1.29 is 9.53 Å². The van der Waals surface area contributed by atoms with Gasteiger partial charge in [-0.15, -0.1) is 11.3 Å². The second-order valence-electron chi connectivity index (χ2n) is 8.20. The minimum Gasteiger partial charge on any atom is -0.444 e. The van der Waals surface area contributed by atoms with Gasteiger partial charge in [0.1, 0.15) is 11.5 Å². The van der Waals surface area contributed by atoms with Crippen LogP contribution in [0, 0.1) is 56.7 Å². The van der Waals surface area contributed by atoms with E-state index in [1.54, 1.807) is 26.8 Å². The highest BCUT2D eigenvalue weighted by Gasteiger charge is 2.58. The van der Waals surface area contributed by atoms with Crippen LogP contribution in [0.2, 0.25) is 0 Å². The van der Waals surface area contributed by atoms with Crippen molar-refractivity contribution >= 4 is 23.1 Å². The van der Waals surface area contributed by atoms with Crippen molar-refractivity contribution in [1.29, 1.82) is 21.2 Å². The van der Waals surface area contributed by atoms with Crippen LogP contribution in [-0.4, -0.2) is 35.4 Å². The summed E-state index contributed by atoms with van der Waals surface area (Å²) in [4.78, 5) is 15.0. The van der Waals surface area contributed by atoms with Crippen LogP contribution in [0.15, 0.2) is 29.2 Å². The van der Waals surface area contributed by atoms with E-state index in [1.165, 1.54) is 16.2 Å². The monoisotopic (exact) mass is 407 g/mol. The molecule has 1 fully saturated rings. The standard InChI is InChI=1S/C21H21N5O2S/c1-20(2,3)28-19(27)26-7-6-13-14(9-22)18(25)21(11-23,12-24)17(15(13)10-26)16-5-4-8-29-16/h4-6,8,14-15,17,25H,7,10H2,1-3H3/t14?,15-,17-/m0/s1. The molecule has 8 heteroatoms. The Hall–Kier alpha value is -3.15. The van der Waals surface area contributed by atoms with Gasteiger partial charge < -0.3 is 15.0 Å². The van der Waals surface area contributed by atoms with Crippen molar-refractivity contribution in [2.75, 3.05) is 13.1 Å². The van der Waals surface area contributed by atoms with Crippen LogP contribution in [0.3, 0.4) is 0 Å². The first-order valence-corrected chi connectivity index (χ1v) is 10.1. The lowest BCUT2D eigenvalue weighted by molar-refractivity contribution is 0.0222. The van der Waals surface area contributed by atoms with Gasteiger partial charge in [0.05, 0.1) is 23.9 Å². The Morgan fingerprint density at radius 1 is 1.34 bits per heavy atom. The van der Waals surface area contributed by atoms with Crippen molar-refractivity contribution in [3.8, 4) is 18.2 Å². The minimum atomic E-state index is -1.76. The van der Waals surface area contributed by atoms with Crippen LogP contribution in [0.25, 0.3) is 0 Å². The Labute approximate surface area is 173 Å². The van der Waals surface area contributed by atoms with Gasteiger partial charge in [-0.25, -0.2) is 4.79 Å². The molecular weight excluding hydrogens is 386 g/mol. The molecule has 1 saturated carbocycles. The Morgan fingerprint density at radius 2 is 2.03 bits per heavy atom. The average molecular weight is 407 g/mol. The van der Waals surface area contributed by atoms with Gasteiger partial charge in [0, 0.05) is 29.8 Å². The number of fused-ring (bicyclic) bond motifs is 1. The number of ether oxygens (including phenoxy) is 1. The number of hydrogen-bond donors (Lipinski definition) is 1. The molecule has 29 heavy (non-hydrogen) atoms. The molecule has 1 aromatic rings. The third kappa shape index (κ3) is 3.39. The van der Waals surface area contributed by atoms with Crippen LogP contribution < -0.4 is 0 Å². The van der Waals surface area contributed by atoms with Crippen LogP contribution in [0.1, 0.15) is 31.6 Å². The third-order valence-corrected chi connectivity index (χ3v) is 6.25. The number of carbonyl (C=O) groups is 1. The predicted molar refractivity (Wildman–Crippen MR) is 107 cm³/mol. The zero-order chi connectivity index (χ0) is 21.4. The first kappa shape index (κ1) is 20.6. The van der Waals surface area contributed by atoms with E-state index in [1.807, 2.05) is 29.7 Å². The van der Waals surface area contributed by atoms with E-state index in [0.29, 0.717) is 5.57 Å². The van der Waals surface area contributed by atoms with E-state index in [2.05, 4.69) is 6.07 Å². The number of nitriles is 3. The summed E-state index contributed by atoms with van der Waals surface area (Å²) in [6.45, 7) is 5.84. The van der Waals surface area contributed by atoms with Crippen molar-refractivity contribution in [2.24, 2.45) is 17.3 Å². The molecule has 0 radical (unpaired) electrons. The van der Waals surface area contributed by atoms with E-state index in [0.717, 1.165) is 4.88 Å². The lowest BCUT2D eigenvalue weighted by Crippen LogP contribution is -2.53. The molecule has 148 valence electrons. The molecule has 7 nitrogen and oxygen atoms in total. The van der Waals surface area contributed by atoms with Gasteiger partial charge in [0.2, 0.25) is 0 Å². The molecule has 1 aliphatic heterocycles. The highest BCUT2D eigenvalue weighted by molar-refractivity contribution is 7.10. The fourth-order valence-electron chi connectivity index (χ4n) is 4.06. The largest absolute Gasteiger partial charge is 0.444 e. The summed E-state index contributed by atoms with van der Waals surface area (Å²) in [7, 11) is 0. The van der Waals surface area contributed by atoms with E-state index < -0.39 is 34.9 Å². The van der Waals surface area contributed by atoms with Gasteiger partial charge >= 0.3 is 6.09 Å². The molecule has 2 heterocycles. The zero-order valence-corrected chi connectivity index (χ0v) is 17.3. The Morgan fingerprint density at radius 3 is 2.55 bits per heavy atom. The summed E-state index contributed by atoms with van der Waals surface area (Å²) >= 11 is 1.41. The molecule has 0 saturated heterocycles. The molecule has 2 aliphatic rings. The zero-order valence-electron chi connectivity index (χ0n) is 16.5. The maximum Gasteiger partial charge on any atom is 0.410 e. The van der Waals surface area contributed by atoms with Gasteiger partial charge in [0.25, 0.3) is 0 Å². The Kier molecular flexibility index (Phi) is 5.22. The summed E-state index contributed by atoms with van der Waals surface area (Å²) in [5, 5.41) is 40.1. The molecule has 0 aromatic carbocycles. The number of rotatable bonds is 1. The Bertz CT molecular complexity index is 970. The Balaban J connectivity index is 2.10. The van der Waals surface area contributed by atoms with Gasteiger partial charge in [-0.3, -0.25) is 0 Å². The predicted octanol–water partition coefficient (Wildman–Crippen LogP) is 3.83. The molecule has 1 unspecified atom stereocenters. The normalized spacial score (nSPS) is 25.7. The second-order valence-corrected chi connectivity index (χ2v) is 9.18. The molecule has 1 aromatic heterocycles. The number of hydrogen-bond acceptors (Lipinski definition) is 7. The molecule has 3 rings (SSSR count). The molecular formula is C21H21N5O2S. The molecule has 0 bridgehead atoms. The molecule has 1 amide bonds. The first-order chi connectivity index (χ1) is 13.7. The maximum atomic E-state index is 12.6. The van der Waals surface area contributed by atoms with E-state index >= 15 is 0 Å². The lowest BCUT2D eigenvalue weighted by atomic mass is 9.55. The summed E-state index contributed by atoms with van der Waals surface area (Å²) in [5.41, 5.74) is -1.89. The first-order valence-electron chi connectivity index (χ1n) is 9.20. The average Bonchev–Trinajstić information content (AvgIpc) is 3.19. The van der Waals surface area contributed by atoms with Crippen LogP contribution in [0.5, 0.6) is 0 Å². The summed E-state index contributed by atoms with van der Waals surface area (Å²) < 4.78 is 5.48. The van der Waals surface area contributed by atoms with E-state index in [9.17, 15) is 20.6 Å². The van der Waals surface area contributed by atoms with Gasteiger partial charge in [0.15, 0.2) is 5.41 Å². The fourth-order valence-corrected chi connectivity index (χ4v) is 5.02. The van der Waals surface area contributed by atoms with Crippen molar-refractivity contribution in [1.82, 2.24) is 4.90 Å². The van der Waals surface area contributed by atoms with Gasteiger partial charge in [-0.1, -0.05) is 12.1 Å². The quantitative estimate of drug-likeness (QED) is 0.708. The van der Waals surface area contributed by atoms with Crippen LogP contribution in [0.4, 0.5) is 4.79 Å². The molecule has 0 spiro atoms. The molecule has 1 aliphatic carbocycles.